The Hall–Kier alpha value is -2.13. The topological polar surface area (TPSA) is 80.1 Å². The molecule has 0 aromatic carbocycles. The number of nitrogens with one attached hydrogen (secondary N) is 1. The first-order valence-electron chi connectivity index (χ1n) is 11.0. The second kappa shape index (κ2) is 9.16. The lowest BCUT2D eigenvalue weighted by Gasteiger charge is -2.32. The molecule has 2 aromatic rings. The van der Waals surface area contributed by atoms with Gasteiger partial charge in [0.15, 0.2) is 0 Å². The number of nitrogens with two attached hydrogens (primary N) is 1. The zero-order valence-corrected chi connectivity index (χ0v) is 17.8. The third-order valence-electron chi connectivity index (χ3n) is 6.32. The fraction of sp³-hybridized carbons (Fsp3) is 0.636. The summed E-state index contributed by atoms with van der Waals surface area (Å²) in [5, 5.41) is 0. The molecular formula is C22H30F3N5O. The molecule has 0 bridgehead atoms. The molecule has 170 valence electrons. The summed E-state index contributed by atoms with van der Waals surface area (Å²) in [5.74, 6) is 1.67. The highest BCUT2D eigenvalue weighted by Crippen LogP contribution is 2.39. The largest absolute Gasteiger partial charge is 0.419 e. The summed E-state index contributed by atoms with van der Waals surface area (Å²) in [6.45, 7) is 6.60. The average Bonchev–Trinajstić information content (AvgIpc) is 3.31. The van der Waals surface area contributed by atoms with E-state index >= 15 is 0 Å². The van der Waals surface area contributed by atoms with Gasteiger partial charge in [0.05, 0.1) is 30.7 Å². The number of hydrogen-bond acceptors (Lipinski definition) is 5. The zero-order chi connectivity index (χ0) is 22.0. The number of ether oxygens (including phenoxy) is 1. The van der Waals surface area contributed by atoms with E-state index in [0.717, 1.165) is 63.0 Å². The molecule has 31 heavy (non-hydrogen) atoms. The predicted octanol–water partition coefficient (Wildman–Crippen LogP) is 4.46. The Morgan fingerprint density at radius 1 is 1.10 bits per heavy atom. The molecule has 3 heterocycles. The van der Waals surface area contributed by atoms with Crippen molar-refractivity contribution < 1.29 is 17.9 Å². The molecule has 1 aliphatic heterocycles. The third kappa shape index (κ3) is 5.57. The van der Waals surface area contributed by atoms with Crippen molar-refractivity contribution in [3.8, 4) is 11.3 Å². The van der Waals surface area contributed by atoms with Crippen LogP contribution in [0.4, 0.5) is 19.0 Å². The molecule has 3 fully saturated rings. The fourth-order valence-corrected chi connectivity index (χ4v) is 4.35. The molecule has 2 atom stereocenters. The zero-order valence-electron chi connectivity index (χ0n) is 17.8. The predicted molar refractivity (Wildman–Crippen MR) is 112 cm³/mol. The number of imidazole rings is 1. The Balaban J connectivity index is 0.000000166. The van der Waals surface area contributed by atoms with Gasteiger partial charge in [0.1, 0.15) is 11.6 Å². The first-order valence-corrected chi connectivity index (χ1v) is 11.0. The van der Waals surface area contributed by atoms with Gasteiger partial charge in [-0.3, -0.25) is 4.90 Å². The molecule has 6 nitrogen and oxygen atoms in total. The minimum absolute atomic E-state index is 0.334. The van der Waals surface area contributed by atoms with Crippen LogP contribution >= 0.6 is 0 Å². The van der Waals surface area contributed by atoms with E-state index in [-0.39, 0.29) is 0 Å². The minimum Gasteiger partial charge on any atom is -0.383 e. The monoisotopic (exact) mass is 437 g/mol. The Morgan fingerprint density at radius 3 is 2.45 bits per heavy atom. The first-order chi connectivity index (χ1) is 14.8. The number of alkyl halides is 3. The van der Waals surface area contributed by atoms with E-state index in [0.29, 0.717) is 17.2 Å². The SMILES string of the molecule is CC1CCC(N2CCOCC2)C1.Nc1ncc(-c2cnc(C3CC3)[nH]2)cc1C(F)(F)F. The van der Waals surface area contributed by atoms with Gasteiger partial charge in [-0.25, -0.2) is 9.97 Å². The van der Waals surface area contributed by atoms with E-state index in [9.17, 15) is 13.2 Å². The van der Waals surface area contributed by atoms with Gasteiger partial charge in [-0.1, -0.05) is 6.92 Å². The smallest absolute Gasteiger partial charge is 0.383 e. The number of hydrogen-bond donors (Lipinski definition) is 2. The number of aromatic amines is 1. The van der Waals surface area contributed by atoms with Crippen molar-refractivity contribution in [3.63, 3.8) is 0 Å². The summed E-state index contributed by atoms with van der Waals surface area (Å²) in [4.78, 5) is 13.4. The molecule has 0 amide bonds. The summed E-state index contributed by atoms with van der Waals surface area (Å²) in [5.41, 5.74) is 5.20. The van der Waals surface area contributed by atoms with E-state index in [4.69, 9.17) is 10.5 Å². The van der Waals surface area contributed by atoms with Gasteiger partial charge in [-0.15, -0.1) is 0 Å². The van der Waals surface area contributed by atoms with E-state index in [1.54, 1.807) is 0 Å². The van der Waals surface area contributed by atoms with E-state index < -0.39 is 17.6 Å². The van der Waals surface area contributed by atoms with Crippen molar-refractivity contribution in [2.45, 2.75) is 57.2 Å². The van der Waals surface area contributed by atoms with E-state index in [1.807, 2.05) is 0 Å². The number of H-pyrrole nitrogens is 1. The highest BCUT2D eigenvalue weighted by atomic mass is 19.4. The number of halogens is 3. The van der Waals surface area contributed by atoms with Crippen LogP contribution in [-0.2, 0) is 10.9 Å². The molecule has 1 saturated heterocycles. The lowest BCUT2D eigenvalue weighted by Crippen LogP contribution is -2.42. The van der Waals surface area contributed by atoms with Crippen molar-refractivity contribution in [1.29, 1.82) is 0 Å². The number of nitrogens with zero attached hydrogens (tertiary/aromatic N) is 3. The quantitative estimate of drug-likeness (QED) is 0.741. The van der Waals surface area contributed by atoms with Gasteiger partial charge < -0.3 is 15.5 Å². The number of rotatable bonds is 3. The number of pyridine rings is 1. The summed E-state index contributed by atoms with van der Waals surface area (Å²) in [6, 6.07) is 1.87. The Labute approximate surface area is 180 Å². The van der Waals surface area contributed by atoms with Gasteiger partial charge in [0, 0.05) is 36.8 Å². The Kier molecular flexibility index (Phi) is 6.52. The van der Waals surface area contributed by atoms with Crippen molar-refractivity contribution in [2.24, 2.45) is 5.92 Å². The van der Waals surface area contributed by atoms with Crippen LogP contribution < -0.4 is 5.73 Å². The Bertz CT molecular complexity index is 872. The average molecular weight is 438 g/mol. The molecule has 2 saturated carbocycles. The van der Waals surface area contributed by atoms with Crippen LogP contribution in [0.25, 0.3) is 11.3 Å². The van der Waals surface area contributed by atoms with Crippen LogP contribution in [0.1, 0.15) is 56.3 Å². The van der Waals surface area contributed by atoms with Crippen molar-refractivity contribution in [3.05, 3.63) is 29.8 Å². The normalized spacial score (nSPS) is 24.6. The number of anilines is 1. The van der Waals surface area contributed by atoms with Crippen LogP contribution in [0.3, 0.4) is 0 Å². The summed E-state index contributed by atoms with van der Waals surface area (Å²) in [7, 11) is 0. The second-order valence-corrected chi connectivity index (χ2v) is 8.83. The fourth-order valence-electron chi connectivity index (χ4n) is 4.35. The van der Waals surface area contributed by atoms with Crippen LogP contribution in [0.5, 0.6) is 0 Å². The summed E-state index contributed by atoms with van der Waals surface area (Å²) in [6.07, 6.45) is 4.74. The molecule has 2 unspecified atom stereocenters. The van der Waals surface area contributed by atoms with Gasteiger partial charge in [-0.2, -0.15) is 13.2 Å². The highest BCUT2D eigenvalue weighted by Gasteiger charge is 2.34. The third-order valence-corrected chi connectivity index (χ3v) is 6.32. The molecular weight excluding hydrogens is 407 g/mol. The van der Waals surface area contributed by atoms with E-state index in [2.05, 4.69) is 26.8 Å². The van der Waals surface area contributed by atoms with Crippen LogP contribution in [0, 0.1) is 5.92 Å². The Morgan fingerprint density at radius 2 is 1.84 bits per heavy atom. The maximum atomic E-state index is 12.7. The lowest BCUT2D eigenvalue weighted by atomic mass is 10.1. The molecule has 0 radical (unpaired) electrons. The number of nitrogen functional groups attached to an aromatic ring is 1. The molecule has 0 spiro atoms. The molecule has 3 N–H and O–H groups in total. The maximum absolute atomic E-state index is 12.7. The summed E-state index contributed by atoms with van der Waals surface area (Å²) < 4.78 is 43.6. The maximum Gasteiger partial charge on any atom is 0.419 e. The molecule has 9 heteroatoms. The van der Waals surface area contributed by atoms with Crippen molar-refractivity contribution >= 4 is 5.82 Å². The lowest BCUT2D eigenvalue weighted by molar-refractivity contribution is -0.137. The van der Waals surface area contributed by atoms with Gasteiger partial charge >= 0.3 is 6.18 Å². The first kappa shape index (κ1) is 22.1. The molecule has 2 aromatic heterocycles. The molecule has 2 aliphatic carbocycles. The van der Waals surface area contributed by atoms with Gasteiger partial charge in [0.2, 0.25) is 0 Å². The standard InChI is InChI=1S/C12H11F3N4.C10H19NO/c13-12(14,15)8-3-7(4-17-10(8)16)9-5-18-11(19-9)6-1-2-6;1-9-2-3-10(8-9)11-4-6-12-7-5-11/h3-6H,1-2H2,(H2,16,17)(H,18,19);9-10H,2-8H2,1H3. The van der Waals surface area contributed by atoms with E-state index in [1.165, 1.54) is 31.7 Å². The molecule has 5 rings (SSSR count). The van der Waals surface area contributed by atoms with Gasteiger partial charge in [0.25, 0.3) is 0 Å². The van der Waals surface area contributed by atoms with Crippen molar-refractivity contribution in [2.75, 3.05) is 32.0 Å². The number of aromatic nitrogens is 3. The molecule has 3 aliphatic rings. The van der Waals surface area contributed by atoms with Crippen LogP contribution in [-0.4, -0.2) is 52.2 Å². The highest BCUT2D eigenvalue weighted by molar-refractivity contribution is 5.62. The summed E-state index contributed by atoms with van der Waals surface area (Å²) >= 11 is 0. The van der Waals surface area contributed by atoms with Crippen LogP contribution in [0.15, 0.2) is 18.5 Å². The van der Waals surface area contributed by atoms with Crippen LogP contribution in [0.2, 0.25) is 0 Å². The number of morpholine rings is 1. The second-order valence-electron chi connectivity index (χ2n) is 8.83. The van der Waals surface area contributed by atoms with Crippen molar-refractivity contribution in [1.82, 2.24) is 19.9 Å². The minimum atomic E-state index is -4.51. The van der Waals surface area contributed by atoms with Gasteiger partial charge in [-0.05, 0) is 44.1 Å².